The van der Waals surface area contributed by atoms with Gasteiger partial charge < -0.3 is 5.32 Å². The summed E-state index contributed by atoms with van der Waals surface area (Å²) in [5, 5.41) is 9.69. The number of amides is 2. The van der Waals surface area contributed by atoms with Gasteiger partial charge >= 0.3 is 0 Å². The van der Waals surface area contributed by atoms with Gasteiger partial charge in [0.2, 0.25) is 5.91 Å². The molecule has 2 aliphatic rings. The van der Waals surface area contributed by atoms with Crippen molar-refractivity contribution >= 4 is 40.1 Å². The summed E-state index contributed by atoms with van der Waals surface area (Å²) in [6.07, 6.45) is 0.763. The zero-order valence-corrected chi connectivity index (χ0v) is 22.3. The van der Waals surface area contributed by atoms with Crippen LogP contribution in [0.25, 0.3) is 0 Å². The van der Waals surface area contributed by atoms with Gasteiger partial charge in [0.05, 0.1) is 11.8 Å². The molecule has 2 aliphatic heterocycles. The van der Waals surface area contributed by atoms with E-state index in [1.54, 1.807) is 0 Å². The summed E-state index contributed by atoms with van der Waals surface area (Å²) < 4.78 is 0. The molecule has 1 N–H and O–H groups in total. The number of anilines is 1. The largest absolute Gasteiger partial charge is 0.326 e. The predicted molar refractivity (Wildman–Crippen MR) is 151 cm³/mol. The maximum Gasteiger partial charge on any atom is 0.262 e. The van der Waals surface area contributed by atoms with E-state index in [-0.39, 0.29) is 24.3 Å². The fraction of sp³-hybridized carbons (Fsp3) is 0.267. The van der Waals surface area contributed by atoms with Gasteiger partial charge in [-0.2, -0.15) is 10.1 Å². The zero-order valence-electron chi connectivity index (χ0n) is 21.5. The number of carbonyl (C=O) groups excluding carboxylic acids is 2. The second-order valence-electron chi connectivity index (χ2n) is 9.78. The topological polar surface area (TPSA) is 74.1 Å². The Morgan fingerprint density at radius 3 is 2.30 bits per heavy atom. The number of amidine groups is 1. The summed E-state index contributed by atoms with van der Waals surface area (Å²) >= 11 is 1.32. The third-order valence-corrected chi connectivity index (χ3v) is 7.99. The molecule has 3 aromatic carbocycles. The highest BCUT2D eigenvalue weighted by Gasteiger charge is 2.39. The molecule has 0 aromatic heterocycles. The fourth-order valence-corrected chi connectivity index (χ4v) is 5.52. The first-order valence-electron chi connectivity index (χ1n) is 12.4. The molecule has 0 bridgehead atoms. The van der Waals surface area contributed by atoms with E-state index >= 15 is 0 Å². The summed E-state index contributed by atoms with van der Waals surface area (Å²) in [6, 6.07) is 22.4. The Kier molecular flexibility index (Phi) is 6.98. The molecule has 2 atom stereocenters. The molecular weight excluding hydrogens is 480 g/mol. The first-order chi connectivity index (χ1) is 17.8. The predicted octanol–water partition coefficient (Wildman–Crippen LogP) is 6.10. The van der Waals surface area contributed by atoms with Crippen molar-refractivity contribution in [1.29, 1.82) is 0 Å². The van der Waals surface area contributed by atoms with Crippen LogP contribution >= 0.6 is 11.8 Å². The quantitative estimate of drug-likeness (QED) is 0.450. The maximum absolute atomic E-state index is 12.8. The Morgan fingerprint density at radius 1 is 0.946 bits per heavy atom. The van der Waals surface area contributed by atoms with Crippen molar-refractivity contribution < 1.29 is 9.59 Å². The van der Waals surface area contributed by atoms with E-state index in [1.807, 2.05) is 37.1 Å². The summed E-state index contributed by atoms with van der Waals surface area (Å²) in [5.41, 5.74) is 8.51. The van der Waals surface area contributed by atoms with Crippen LogP contribution in [0.1, 0.15) is 52.3 Å². The minimum absolute atomic E-state index is 0.0565. The standard InChI is InChI=1S/C30H30N4O2S/c1-18-5-10-22(11-6-18)25-16-26(23-12-7-19(2)8-13-23)34(33-25)30-32-29(36)27(37-30)17-28(35)31-24-14-9-20(3)21(4)15-24/h5-15,26-27H,16-17H2,1-4H3,(H,31,35)/t26-,27+/m0/s1. The van der Waals surface area contributed by atoms with Crippen LogP contribution in [-0.4, -0.2) is 33.0 Å². The number of hydrazone groups is 1. The van der Waals surface area contributed by atoms with Crippen LogP contribution in [0.4, 0.5) is 5.69 Å². The molecule has 3 aromatic rings. The highest BCUT2D eigenvalue weighted by atomic mass is 32.2. The van der Waals surface area contributed by atoms with Crippen LogP contribution in [0.2, 0.25) is 0 Å². The summed E-state index contributed by atoms with van der Waals surface area (Å²) in [5.74, 6) is -0.497. The van der Waals surface area contributed by atoms with Crippen LogP contribution in [0.3, 0.4) is 0 Å². The van der Waals surface area contributed by atoms with Gasteiger partial charge in [0.1, 0.15) is 5.25 Å². The van der Waals surface area contributed by atoms with Gasteiger partial charge in [-0.3, -0.25) is 9.59 Å². The van der Waals surface area contributed by atoms with Crippen LogP contribution in [-0.2, 0) is 9.59 Å². The van der Waals surface area contributed by atoms with Gasteiger partial charge in [-0.1, -0.05) is 77.5 Å². The molecule has 5 rings (SSSR count). The summed E-state index contributed by atoms with van der Waals surface area (Å²) in [7, 11) is 0. The molecule has 0 radical (unpaired) electrons. The summed E-state index contributed by atoms with van der Waals surface area (Å²) in [6.45, 7) is 8.16. The van der Waals surface area contributed by atoms with Gasteiger partial charge in [0.25, 0.3) is 5.91 Å². The van der Waals surface area contributed by atoms with Crippen molar-refractivity contribution in [3.8, 4) is 0 Å². The molecule has 7 heteroatoms. The minimum Gasteiger partial charge on any atom is -0.326 e. The number of thioether (sulfide) groups is 1. The summed E-state index contributed by atoms with van der Waals surface area (Å²) in [4.78, 5) is 29.9. The van der Waals surface area contributed by atoms with E-state index in [0.29, 0.717) is 11.6 Å². The highest BCUT2D eigenvalue weighted by molar-refractivity contribution is 8.15. The Bertz CT molecular complexity index is 1410. The van der Waals surface area contributed by atoms with Crippen LogP contribution < -0.4 is 5.32 Å². The van der Waals surface area contributed by atoms with Gasteiger partial charge in [-0.05, 0) is 62.1 Å². The molecule has 0 unspecified atom stereocenters. The fourth-order valence-electron chi connectivity index (χ4n) is 4.46. The average Bonchev–Trinajstić information content (AvgIpc) is 3.46. The van der Waals surface area contributed by atoms with Crippen LogP contribution in [0, 0.1) is 27.7 Å². The molecule has 0 fully saturated rings. The van der Waals surface area contributed by atoms with E-state index in [9.17, 15) is 9.59 Å². The SMILES string of the molecule is Cc1ccc(C2=NN(C3=NC(=O)[C@@H](CC(=O)Nc4ccc(C)c(C)c4)S3)[C@H](c3ccc(C)cc3)C2)cc1. The van der Waals surface area contributed by atoms with E-state index in [0.717, 1.165) is 33.7 Å². The maximum atomic E-state index is 12.8. The highest BCUT2D eigenvalue weighted by Crippen LogP contribution is 2.38. The number of nitrogens with one attached hydrogen (secondary N) is 1. The second-order valence-corrected chi connectivity index (χ2v) is 10.9. The van der Waals surface area contributed by atoms with Crippen molar-refractivity contribution in [1.82, 2.24) is 5.01 Å². The molecule has 0 saturated carbocycles. The lowest BCUT2D eigenvalue weighted by atomic mass is 9.97. The first-order valence-corrected chi connectivity index (χ1v) is 13.3. The first kappa shape index (κ1) is 25.0. The Hall–Kier alpha value is -3.71. The molecule has 188 valence electrons. The molecule has 37 heavy (non-hydrogen) atoms. The molecular formula is C30H30N4O2S. The molecule has 2 amide bonds. The van der Waals surface area contributed by atoms with Crippen molar-refractivity contribution in [2.24, 2.45) is 10.1 Å². The zero-order chi connectivity index (χ0) is 26.1. The van der Waals surface area contributed by atoms with E-state index < -0.39 is 5.25 Å². The van der Waals surface area contributed by atoms with E-state index in [2.05, 4.69) is 72.7 Å². The molecule has 0 spiro atoms. The van der Waals surface area contributed by atoms with Crippen molar-refractivity contribution in [3.05, 3.63) is 100 Å². The number of aryl methyl sites for hydroxylation is 4. The van der Waals surface area contributed by atoms with Crippen LogP contribution in [0.15, 0.2) is 76.8 Å². The van der Waals surface area contributed by atoms with Gasteiger partial charge in [0.15, 0.2) is 5.17 Å². The lowest BCUT2D eigenvalue weighted by Gasteiger charge is -2.23. The normalized spacial score (nSPS) is 19.1. The lowest BCUT2D eigenvalue weighted by molar-refractivity contribution is -0.121. The minimum atomic E-state index is -0.571. The Morgan fingerprint density at radius 2 is 1.62 bits per heavy atom. The number of benzene rings is 3. The number of rotatable bonds is 5. The molecule has 6 nitrogen and oxygen atoms in total. The number of nitrogens with zero attached hydrogens (tertiary/aromatic N) is 3. The Labute approximate surface area is 221 Å². The third-order valence-electron chi connectivity index (χ3n) is 6.84. The van der Waals surface area contributed by atoms with Gasteiger partial charge in [-0.15, -0.1) is 0 Å². The molecule has 0 aliphatic carbocycles. The van der Waals surface area contributed by atoms with E-state index in [4.69, 9.17) is 5.10 Å². The Balaban J connectivity index is 1.34. The third kappa shape index (κ3) is 5.52. The van der Waals surface area contributed by atoms with Gasteiger partial charge in [-0.25, -0.2) is 5.01 Å². The number of carbonyl (C=O) groups is 2. The lowest BCUT2D eigenvalue weighted by Crippen LogP contribution is -2.25. The smallest absolute Gasteiger partial charge is 0.262 e. The number of hydrogen-bond donors (Lipinski definition) is 1. The molecule has 2 heterocycles. The van der Waals surface area contributed by atoms with Gasteiger partial charge in [0, 0.05) is 18.5 Å². The number of aliphatic imine (C=N–C) groups is 1. The van der Waals surface area contributed by atoms with Crippen molar-refractivity contribution in [3.63, 3.8) is 0 Å². The molecule has 0 saturated heterocycles. The average molecular weight is 511 g/mol. The monoisotopic (exact) mass is 510 g/mol. The van der Waals surface area contributed by atoms with Crippen molar-refractivity contribution in [2.45, 2.75) is 51.8 Å². The second kappa shape index (κ2) is 10.3. The van der Waals surface area contributed by atoms with Crippen LogP contribution in [0.5, 0.6) is 0 Å². The van der Waals surface area contributed by atoms with E-state index in [1.165, 1.54) is 22.9 Å². The number of hydrogen-bond acceptors (Lipinski definition) is 5. The van der Waals surface area contributed by atoms with Crippen molar-refractivity contribution in [2.75, 3.05) is 5.32 Å².